The SMILES string of the molecule is COc1cc(C2CCC(CO)CC2)on1. The molecule has 0 aliphatic heterocycles. The van der Waals surface area contributed by atoms with Crippen LogP contribution in [-0.2, 0) is 0 Å². The van der Waals surface area contributed by atoms with Gasteiger partial charge in [-0.25, -0.2) is 0 Å². The van der Waals surface area contributed by atoms with E-state index < -0.39 is 0 Å². The van der Waals surface area contributed by atoms with Crippen molar-refractivity contribution in [2.45, 2.75) is 31.6 Å². The van der Waals surface area contributed by atoms with Crippen LogP contribution in [0.15, 0.2) is 10.6 Å². The van der Waals surface area contributed by atoms with Crippen LogP contribution in [0, 0.1) is 5.92 Å². The van der Waals surface area contributed by atoms with Crippen LogP contribution in [0.1, 0.15) is 37.4 Å². The molecular weight excluding hydrogens is 194 g/mol. The minimum absolute atomic E-state index is 0.312. The number of aromatic nitrogens is 1. The average Bonchev–Trinajstić information content (AvgIpc) is 2.78. The van der Waals surface area contributed by atoms with Crippen molar-refractivity contribution in [1.29, 1.82) is 0 Å². The van der Waals surface area contributed by atoms with Crippen molar-refractivity contribution in [3.63, 3.8) is 0 Å². The number of hydrogen-bond donors (Lipinski definition) is 1. The van der Waals surface area contributed by atoms with Gasteiger partial charge in [-0.15, -0.1) is 0 Å². The van der Waals surface area contributed by atoms with Crippen LogP contribution in [0.2, 0.25) is 0 Å². The van der Waals surface area contributed by atoms with Gasteiger partial charge in [-0.3, -0.25) is 0 Å². The zero-order valence-electron chi connectivity index (χ0n) is 8.98. The fraction of sp³-hybridized carbons (Fsp3) is 0.727. The second kappa shape index (κ2) is 4.66. The first-order valence-electron chi connectivity index (χ1n) is 5.45. The first-order valence-corrected chi connectivity index (χ1v) is 5.45. The predicted molar refractivity (Wildman–Crippen MR) is 54.8 cm³/mol. The number of ether oxygens (including phenoxy) is 1. The molecule has 1 aliphatic carbocycles. The van der Waals surface area contributed by atoms with E-state index in [4.69, 9.17) is 14.4 Å². The van der Waals surface area contributed by atoms with Gasteiger partial charge in [0, 0.05) is 18.6 Å². The number of hydrogen-bond acceptors (Lipinski definition) is 4. The molecule has 1 heterocycles. The van der Waals surface area contributed by atoms with Gasteiger partial charge in [-0.2, -0.15) is 0 Å². The van der Waals surface area contributed by atoms with Crippen LogP contribution < -0.4 is 4.74 Å². The van der Waals surface area contributed by atoms with Crippen LogP contribution in [-0.4, -0.2) is 24.0 Å². The van der Waals surface area contributed by atoms with Crippen LogP contribution in [0.4, 0.5) is 0 Å². The molecule has 2 rings (SSSR count). The maximum Gasteiger partial charge on any atom is 0.254 e. The third kappa shape index (κ3) is 2.31. The highest BCUT2D eigenvalue weighted by Gasteiger charge is 2.24. The summed E-state index contributed by atoms with van der Waals surface area (Å²) in [5, 5.41) is 12.8. The number of nitrogens with zero attached hydrogens (tertiary/aromatic N) is 1. The lowest BCUT2D eigenvalue weighted by molar-refractivity contribution is 0.175. The summed E-state index contributed by atoms with van der Waals surface area (Å²) in [6, 6.07) is 1.87. The van der Waals surface area contributed by atoms with Gasteiger partial charge >= 0.3 is 0 Å². The number of aliphatic hydroxyl groups excluding tert-OH is 1. The van der Waals surface area contributed by atoms with E-state index in [1.807, 2.05) is 6.07 Å². The summed E-state index contributed by atoms with van der Waals surface area (Å²) < 4.78 is 10.2. The van der Waals surface area contributed by atoms with Crippen molar-refractivity contribution in [3.8, 4) is 5.88 Å². The Kier molecular flexibility index (Phi) is 3.26. The molecular formula is C11H17NO3. The van der Waals surface area contributed by atoms with Gasteiger partial charge in [0.25, 0.3) is 5.88 Å². The van der Waals surface area contributed by atoms with Crippen molar-refractivity contribution in [3.05, 3.63) is 11.8 Å². The Hall–Kier alpha value is -1.03. The lowest BCUT2D eigenvalue weighted by atomic mass is 9.81. The standard InChI is InChI=1S/C11H17NO3/c1-14-11-6-10(15-12-11)9-4-2-8(7-13)3-5-9/h6,8-9,13H,2-5,7H2,1H3. The fourth-order valence-electron chi connectivity index (χ4n) is 2.19. The molecule has 1 N–H and O–H groups in total. The first-order chi connectivity index (χ1) is 7.33. The second-order valence-corrected chi connectivity index (χ2v) is 4.17. The summed E-state index contributed by atoms with van der Waals surface area (Å²) in [5.41, 5.74) is 0. The van der Waals surface area contributed by atoms with E-state index in [-0.39, 0.29) is 0 Å². The maximum absolute atomic E-state index is 9.03. The Bertz CT molecular complexity index is 303. The predicted octanol–water partition coefficient (Wildman–Crippen LogP) is 1.95. The van der Waals surface area contributed by atoms with Crippen molar-refractivity contribution in [1.82, 2.24) is 5.16 Å². The van der Waals surface area contributed by atoms with Crippen molar-refractivity contribution < 1.29 is 14.4 Å². The molecule has 1 fully saturated rings. The van der Waals surface area contributed by atoms with Crippen LogP contribution in [0.3, 0.4) is 0 Å². The average molecular weight is 211 g/mol. The topological polar surface area (TPSA) is 55.5 Å². The lowest BCUT2D eigenvalue weighted by Gasteiger charge is -2.25. The minimum atomic E-state index is 0.312. The highest BCUT2D eigenvalue weighted by Crippen LogP contribution is 2.36. The molecule has 4 heteroatoms. The molecule has 0 bridgehead atoms. The first kappa shape index (κ1) is 10.5. The van der Waals surface area contributed by atoms with E-state index in [0.29, 0.717) is 24.3 Å². The summed E-state index contributed by atoms with van der Waals surface area (Å²) in [5.74, 6) is 2.40. The molecule has 1 aromatic rings. The monoisotopic (exact) mass is 211 g/mol. The maximum atomic E-state index is 9.03. The number of rotatable bonds is 3. The Balaban J connectivity index is 1.95. The summed E-state index contributed by atoms with van der Waals surface area (Å²) in [6.07, 6.45) is 4.29. The van der Waals surface area contributed by atoms with Gasteiger partial charge in [0.15, 0.2) is 0 Å². The molecule has 0 amide bonds. The Morgan fingerprint density at radius 1 is 1.47 bits per heavy atom. The van der Waals surface area contributed by atoms with Crippen LogP contribution >= 0.6 is 0 Å². The summed E-state index contributed by atoms with van der Waals surface area (Å²) in [6.45, 7) is 0.312. The zero-order valence-corrected chi connectivity index (χ0v) is 8.98. The smallest absolute Gasteiger partial charge is 0.254 e. The summed E-state index contributed by atoms with van der Waals surface area (Å²) >= 11 is 0. The van der Waals surface area contributed by atoms with Crippen LogP contribution in [0.25, 0.3) is 0 Å². The molecule has 0 saturated heterocycles. The van der Waals surface area contributed by atoms with Gasteiger partial charge in [0.05, 0.1) is 7.11 Å². The van der Waals surface area contributed by atoms with Gasteiger partial charge < -0.3 is 14.4 Å². The Morgan fingerprint density at radius 2 is 2.20 bits per heavy atom. The van der Waals surface area contributed by atoms with Crippen molar-refractivity contribution >= 4 is 0 Å². The van der Waals surface area contributed by atoms with Crippen molar-refractivity contribution in [2.75, 3.05) is 13.7 Å². The third-order valence-corrected chi connectivity index (χ3v) is 3.22. The van der Waals surface area contributed by atoms with E-state index in [1.54, 1.807) is 7.11 Å². The Morgan fingerprint density at radius 3 is 2.73 bits per heavy atom. The van der Waals surface area contributed by atoms with E-state index in [0.717, 1.165) is 31.4 Å². The summed E-state index contributed by atoms with van der Waals surface area (Å²) in [4.78, 5) is 0. The number of methoxy groups -OCH3 is 1. The van der Waals surface area contributed by atoms with Gasteiger partial charge in [-0.1, -0.05) is 0 Å². The minimum Gasteiger partial charge on any atom is -0.479 e. The lowest BCUT2D eigenvalue weighted by Crippen LogP contribution is -2.15. The Labute approximate surface area is 89.2 Å². The van der Waals surface area contributed by atoms with Gasteiger partial charge in [-0.05, 0) is 36.8 Å². The van der Waals surface area contributed by atoms with E-state index in [2.05, 4.69) is 5.16 Å². The van der Waals surface area contributed by atoms with Crippen LogP contribution in [0.5, 0.6) is 5.88 Å². The van der Waals surface area contributed by atoms with E-state index in [1.165, 1.54) is 0 Å². The second-order valence-electron chi connectivity index (χ2n) is 4.17. The molecule has 0 atom stereocenters. The number of aliphatic hydroxyl groups is 1. The summed E-state index contributed by atoms with van der Waals surface area (Å²) in [7, 11) is 1.59. The van der Waals surface area contributed by atoms with Gasteiger partial charge in [0.1, 0.15) is 5.76 Å². The molecule has 1 aliphatic rings. The molecule has 1 aromatic heterocycles. The third-order valence-electron chi connectivity index (χ3n) is 3.22. The highest BCUT2D eigenvalue weighted by molar-refractivity contribution is 5.14. The molecule has 0 radical (unpaired) electrons. The van der Waals surface area contributed by atoms with E-state index >= 15 is 0 Å². The molecule has 0 spiro atoms. The molecule has 1 saturated carbocycles. The normalized spacial score (nSPS) is 26.5. The highest BCUT2D eigenvalue weighted by atomic mass is 16.5. The zero-order chi connectivity index (χ0) is 10.7. The quantitative estimate of drug-likeness (QED) is 0.830. The molecule has 0 aromatic carbocycles. The van der Waals surface area contributed by atoms with E-state index in [9.17, 15) is 0 Å². The molecule has 0 unspecified atom stereocenters. The van der Waals surface area contributed by atoms with Crippen molar-refractivity contribution in [2.24, 2.45) is 5.92 Å². The largest absolute Gasteiger partial charge is 0.479 e. The molecule has 84 valence electrons. The molecule has 4 nitrogen and oxygen atoms in total. The molecule has 15 heavy (non-hydrogen) atoms. The fourth-order valence-corrected chi connectivity index (χ4v) is 2.19. The van der Waals surface area contributed by atoms with Gasteiger partial charge in [0.2, 0.25) is 0 Å².